The molecule has 0 unspecified atom stereocenters. The average Bonchev–Trinajstić information content (AvgIpc) is 2.49. The lowest BCUT2D eigenvalue weighted by Crippen LogP contribution is -2.46. The second-order valence-corrected chi connectivity index (χ2v) is 5.33. The third kappa shape index (κ3) is 5.00. The largest absolute Gasteiger partial charge is 0.381 e. The first kappa shape index (κ1) is 16.2. The molecule has 1 aromatic carbocycles. The topological polar surface area (TPSA) is 93.5 Å². The van der Waals surface area contributed by atoms with Crippen molar-refractivity contribution in [1.29, 1.82) is 0 Å². The highest BCUT2D eigenvalue weighted by Crippen LogP contribution is 2.21. The van der Waals surface area contributed by atoms with Crippen LogP contribution < -0.4 is 16.4 Å². The summed E-state index contributed by atoms with van der Waals surface area (Å²) in [5.41, 5.74) is 5.74. The van der Waals surface area contributed by atoms with Crippen molar-refractivity contribution in [3.05, 3.63) is 30.1 Å². The van der Waals surface area contributed by atoms with Crippen molar-refractivity contribution >= 4 is 17.6 Å². The first-order valence-electron chi connectivity index (χ1n) is 7.23. The van der Waals surface area contributed by atoms with Gasteiger partial charge < -0.3 is 21.1 Å². The van der Waals surface area contributed by atoms with Gasteiger partial charge in [-0.15, -0.1) is 0 Å². The molecule has 1 aliphatic rings. The number of primary amides is 1. The van der Waals surface area contributed by atoms with E-state index in [1.54, 1.807) is 0 Å². The summed E-state index contributed by atoms with van der Waals surface area (Å²) in [5, 5.41) is 5.39. The van der Waals surface area contributed by atoms with Gasteiger partial charge in [0, 0.05) is 31.4 Å². The van der Waals surface area contributed by atoms with Gasteiger partial charge in [0.05, 0.1) is 0 Å². The highest BCUT2D eigenvalue weighted by molar-refractivity contribution is 5.89. The fourth-order valence-corrected chi connectivity index (χ4v) is 2.54. The third-order valence-corrected chi connectivity index (χ3v) is 3.67. The lowest BCUT2D eigenvalue weighted by Gasteiger charge is -2.30. The Morgan fingerprint density at radius 2 is 1.91 bits per heavy atom. The van der Waals surface area contributed by atoms with Crippen LogP contribution in [0.2, 0.25) is 0 Å². The van der Waals surface area contributed by atoms with Crippen LogP contribution in [-0.2, 0) is 9.53 Å². The van der Waals surface area contributed by atoms with Crippen LogP contribution in [0.5, 0.6) is 0 Å². The maximum atomic E-state index is 12.8. The first-order chi connectivity index (χ1) is 10.5. The van der Waals surface area contributed by atoms with Crippen molar-refractivity contribution in [1.82, 2.24) is 5.32 Å². The number of nitrogens with two attached hydrogens (primary N) is 1. The highest BCUT2D eigenvalue weighted by atomic mass is 19.1. The number of hydrogen-bond acceptors (Lipinski definition) is 3. The van der Waals surface area contributed by atoms with Crippen LogP contribution in [0.3, 0.4) is 0 Å². The molecule has 4 N–H and O–H groups in total. The molecule has 7 heteroatoms. The van der Waals surface area contributed by atoms with Crippen LogP contribution in [0, 0.1) is 11.7 Å². The minimum absolute atomic E-state index is 0.0848. The molecule has 1 aromatic rings. The molecular formula is C15H20FN3O3. The lowest BCUT2D eigenvalue weighted by atomic mass is 9.89. The lowest BCUT2D eigenvalue weighted by molar-refractivity contribution is -0.118. The molecule has 120 valence electrons. The standard InChI is InChI=1S/C15H20FN3O3/c16-11-1-3-12(4-2-11)18-15(21)19-13(9-14(17)20)10-5-7-22-8-6-10/h1-4,10,13H,5-9H2,(H2,17,20)(H2,18,19,21)/t13-/m1/s1. The first-order valence-corrected chi connectivity index (χ1v) is 7.23. The monoisotopic (exact) mass is 309 g/mol. The summed E-state index contributed by atoms with van der Waals surface area (Å²) in [4.78, 5) is 23.2. The third-order valence-electron chi connectivity index (χ3n) is 3.67. The van der Waals surface area contributed by atoms with Crippen LogP contribution >= 0.6 is 0 Å². The number of halogens is 1. The van der Waals surface area contributed by atoms with Crippen LogP contribution in [0.4, 0.5) is 14.9 Å². The van der Waals surface area contributed by atoms with E-state index in [0.29, 0.717) is 18.9 Å². The van der Waals surface area contributed by atoms with Crippen molar-refractivity contribution < 1.29 is 18.7 Å². The number of urea groups is 1. The predicted molar refractivity (Wildman–Crippen MR) is 79.7 cm³/mol. The van der Waals surface area contributed by atoms with Gasteiger partial charge in [-0.2, -0.15) is 0 Å². The smallest absolute Gasteiger partial charge is 0.319 e. The summed E-state index contributed by atoms with van der Waals surface area (Å²) in [5.74, 6) is -0.682. The minimum atomic E-state index is -0.460. The predicted octanol–water partition coefficient (Wildman–Crippen LogP) is 1.62. The van der Waals surface area contributed by atoms with Crippen molar-refractivity contribution in [2.75, 3.05) is 18.5 Å². The number of anilines is 1. The van der Waals surface area contributed by atoms with E-state index in [4.69, 9.17) is 10.5 Å². The van der Waals surface area contributed by atoms with Crippen molar-refractivity contribution in [3.8, 4) is 0 Å². The molecule has 0 spiro atoms. The van der Waals surface area contributed by atoms with E-state index < -0.39 is 11.9 Å². The highest BCUT2D eigenvalue weighted by Gasteiger charge is 2.26. The molecule has 1 atom stereocenters. The molecule has 0 aromatic heterocycles. The number of nitrogens with one attached hydrogen (secondary N) is 2. The zero-order chi connectivity index (χ0) is 15.9. The van der Waals surface area contributed by atoms with Gasteiger partial charge in [0.2, 0.25) is 5.91 Å². The Kier molecular flexibility index (Phi) is 5.71. The van der Waals surface area contributed by atoms with E-state index in [1.165, 1.54) is 24.3 Å². The molecule has 6 nitrogen and oxygen atoms in total. The molecule has 0 aliphatic carbocycles. The number of hydrogen-bond donors (Lipinski definition) is 3. The quantitative estimate of drug-likeness (QED) is 0.771. The molecule has 1 aliphatic heterocycles. The molecule has 2 rings (SSSR count). The molecule has 0 bridgehead atoms. The second-order valence-electron chi connectivity index (χ2n) is 5.33. The molecule has 0 saturated carbocycles. The molecule has 0 radical (unpaired) electrons. The van der Waals surface area contributed by atoms with E-state index in [2.05, 4.69) is 10.6 Å². The zero-order valence-corrected chi connectivity index (χ0v) is 12.2. The van der Waals surface area contributed by atoms with Gasteiger partial charge in [0.1, 0.15) is 5.82 Å². The summed E-state index contributed by atoms with van der Waals surface area (Å²) in [6.45, 7) is 1.22. The molecular weight excluding hydrogens is 289 g/mol. The maximum absolute atomic E-state index is 12.8. The number of amides is 3. The van der Waals surface area contributed by atoms with Crippen LogP contribution in [0.25, 0.3) is 0 Å². The van der Waals surface area contributed by atoms with E-state index in [0.717, 1.165) is 12.8 Å². The Bertz CT molecular complexity index is 515. The summed E-state index contributed by atoms with van der Waals surface area (Å²) in [6.07, 6.45) is 1.63. The van der Waals surface area contributed by atoms with E-state index in [-0.39, 0.29) is 24.2 Å². The number of carbonyl (C=O) groups is 2. The number of carbonyl (C=O) groups excluding carboxylic acids is 2. The fraction of sp³-hybridized carbons (Fsp3) is 0.467. The van der Waals surface area contributed by atoms with Gasteiger partial charge in [-0.05, 0) is 43.0 Å². The molecule has 1 saturated heterocycles. The molecule has 1 fully saturated rings. The Hall–Kier alpha value is -2.15. The SMILES string of the molecule is NC(=O)C[C@@H](NC(=O)Nc1ccc(F)cc1)C1CCOCC1. The van der Waals surface area contributed by atoms with Crippen molar-refractivity contribution in [2.45, 2.75) is 25.3 Å². The zero-order valence-electron chi connectivity index (χ0n) is 12.2. The van der Waals surface area contributed by atoms with Crippen molar-refractivity contribution in [2.24, 2.45) is 11.7 Å². The Balaban J connectivity index is 1.94. The summed E-state index contributed by atoms with van der Waals surface area (Å²) >= 11 is 0. The Morgan fingerprint density at radius 3 is 2.50 bits per heavy atom. The average molecular weight is 309 g/mol. The summed E-state index contributed by atoms with van der Waals surface area (Å²) in [7, 11) is 0. The molecule has 22 heavy (non-hydrogen) atoms. The molecule has 3 amide bonds. The van der Waals surface area contributed by atoms with E-state index in [1.807, 2.05) is 0 Å². The van der Waals surface area contributed by atoms with Gasteiger partial charge in [-0.25, -0.2) is 9.18 Å². The minimum Gasteiger partial charge on any atom is -0.381 e. The van der Waals surface area contributed by atoms with Gasteiger partial charge in [0.15, 0.2) is 0 Å². The van der Waals surface area contributed by atoms with Gasteiger partial charge in [-0.3, -0.25) is 4.79 Å². The maximum Gasteiger partial charge on any atom is 0.319 e. The van der Waals surface area contributed by atoms with Crippen LogP contribution in [-0.4, -0.2) is 31.2 Å². The van der Waals surface area contributed by atoms with Gasteiger partial charge in [0.25, 0.3) is 0 Å². The van der Waals surface area contributed by atoms with E-state index in [9.17, 15) is 14.0 Å². The van der Waals surface area contributed by atoms with Crippen molar-refractivity contribution in [3.63, 3.8) is 0 Å². The Labute approximate surface area is 128 Å². The van der Waals surface area contributed by atoms with Crippen LogP contribution in [0.1, 0.15) is 19.3 Å². The summed E-state index contributed by atoms with van der Waals surface area (Å²) < 4.78 is 18.1. The molecule has 1 heterocycles. The second kappa shape index (κ2) is 7.74. The Morgan fingerprint density at radius 1 is 1.27 bits per heavy atom. The number of ether oxygens (including phenoxy) is 1. The van der Waals surface area contributed by atoms with E-state index >= 15 is 0 Å². The van der Waals surface area contributed by atoms with Crippen LogP contribution in [0.15, 0.2) is 24.3 Å². The number of rotatable bonds is 5. The number of benzene rings is 1. The summed E-state index contributed by atoms with van der Waals surface area (Å²) in [6, 6.07) is 4.68. The fourth-order valence-electron chi connectivity index (χ4n) is 2.54. The van der Waals surface area contributed by atoms with Gasteiger partial charge >= 0.3 is 6.03 Å². The van der Waals surface area contributed by atoms with Gasteiger partial charge in [-0.1, -0.05) is 0 Å². The normalized spacial score (nSPS) is 16.8.